The normalized spacial score (nSPS) is 15.3. The largest absolute Gasteiger partial charge is 0.350 e. The summed E-state index contributed by atoms with van der Waals surface area (Å²) in [6.45, 7) is 3.53. The van der Waals surface area contributed by atoms with Crippen molar-refractivity contribution in [1.29, 1.82) is 0 Å². The smallest absolute Gasteiger partial charge is 0.253 e. The van der Waals surface area contributed by atoms with E-state index in [0.29, 0.717) is 18.2 Å². The molecule has 1 unspecified atom stereocenters. The standard InChI is InChI=1S/C20H22N4O/c1-13(23(2)3)14-7-9-15(10-8-14)19-22-17-6-4-5-16-18(17)24(19)12-11-21-20(16)25/h4-10,13H,11-12H2,1-3H3,(H,21,25). The minimum absolute atomic E-state index is 0.0223. The first-order valence-electron chi connectivity index (χ1n) is 8.60. The summed E-state index contributed by atoms with van der Waals surface area (Å²) in [5.74, 6) is 0.897. The van der Waals surface area contributed by atoms with Gasteiger partial charge in [0.15, 0.2) is 0 Å². The quantitative estimate of drug-likeness (QED) is 0.801. The van der Waals surface area contributed by atoms with Crippen molar-refractivity contribution >= 4 is 16.9 Å². The third-order valence-corrected chi connectivity index (χ3v) is 5.06. The van der Waals surface area contributed by atoms with E-state index in [2.05, 4.69) is 60.1 Å². The maximum atomic E-state index is 12.3. The molecule has 1 atom stereocenters. The Morgan fingerprint density at radius 3 is 2.64 bits per heavy atom. The number of carbonyl (C=O) groups excluding carboxylic acids is 1. The zero-order chi connectivity index (χ0) is 17.6. The van der Waals surface area contributed by atoms with Crippen LogP contribution >= 0.6 is 0 Å². The summed E-state index contributed by atoms with van der Waals surface area (Å²) in [5.41, 5.74) is 4.85. The van der Waals surface area contributed by atoms with Crippen LogP contribution in [0.1, 0.15) is 28.9 Å². The average molecular weight is 334 g/mol. The van der Waals surface area contributed by atoms with Crippen LogP contribution in [-0.2, 0) is 6.54 Å². The number of carbonyl (C=O) groups is 1. The van der Waals surface area contributed by atoms with E-state index in [-0.39, 0.29) is 5.91 Å². The molecule has 0 radical (unpaired) electrons. The van der Waals surface area contributed by atoms with E-state index in [0.717, 1.165) is 29.0 Å². The Morgan fingerprint density at radius 1 is 1.16 bits per heavy atom. The molecule has 4 rings (SSSR count). The van der Waals surface area contributed by atoms with E-state index in [4.69, 9.17) is 4.98 Å². The molecule has 128 valence electrons. The first kappa shape index (κ1) is 15.8. The van der Waals surface area contributed by atoms with Crippen molar-refractivity contribution in [2.75, 3.05) is 20.6 Å². The molecule has 0 fully saturated rings. The topological polar surface area (TPSA) is 50.2 Å². The number of amides is 1. The van der Waals surface area contributed by atoms with Crippen molar-refractivity contribution in [3.8, 4) is 11.4 Å². The molecule has 0 bridgehead atoms. The first-order chi connectivity index (χ1) is 12.1. The van der Waals surface area contributed by atoms with E-state index in [9.17, 15) is 4.79 Å². The summed E-state index contributed by atoms with van der Waals surface area (Å²) in [6, 6.07) is 14.7. The van der Waals surface area contributed by atoms with Gasteiger partial charge in [0.1, 0.15) is 5.82 Å². The lowest BCUT2D eigenvalue weighted by atomic mass is 10.1. The van der Waals surface area contributed by atoms with Gasteiger partial charge in [-0.05, 0) is 38.7 Å². The monoisotopic (exact) mass is 334 g/mol. The first-order valence-corrected chi connectivity index (χ1v) is 8.60. The second-order valence-electron chi connectivity index (χ2n) is 6.78. The molecule has 2 heterocycles. The minimum Gasteiger partial charge on any atom is -0.350 e. The number of hydrogen-bond donors (Lipinski definition) is 1. The lowest BCUT2D eigenvalue weighted by molar-refractivity contribution is 0.0956. The molecule has 1 aliphatic heterocycles. The molecule has 0 saturated heterocycles. The lowest BCUT2D eigenvalue weighted by Gasteiger charge is -2.20. The number of imidazole rings is 1. The highest BCUT2D eigenvalue weighted by molar-refractivity contribution is 6.06. The van der Waals surface area contributed by atoms with Crippen molar-refractivity contribution in [1.82, 2.24) is 19.8 Å². The van der Waals surface area contributed by atoms with E-state index < -0.39 is 0 Å². The summed E-state index contributed by atoms with van der Waals surface area (Å²) in [6.07, 6.45) is 0. The van der Waals surface area contributed by atoms with Gasteiger partial charge in [0, 0.05) is 24.7 Å². The number of hydrogen-bond acceptors (Lipinski definition) is 3. The van der Waals surface area contributed by atoms with Gasteiger partial charge in [0.05, 0.1) is 16.6 Å². The number of nitrogens with one attached hydrogen (secondary N) is 1. The average Bonchev–Trinajstić information content (AvgIpc) is 2.90. The number of para-hydroxylation sites is 1. The molecule has 0 spiro atoms. The van der Waals surface area contributed by atoms with Gasteiger partial charge in [0.25, 0.3) is 5.91 Å². The van der Waals surface area contributed by atoms with Crippen LogP contribution in [0.4, 0.5) is 0 Å². The minimum atomic E-state index is -0.0223. The van der Waals surface area contributed by atoms with Gasteiger partial charge in [-0.1, -0.05) is 30.3 Å². The molecule has 0 saturated carbocycles. The van der Waals surface area contributed by atoms with Crippen LogP contribution in [0.5, 0.6) is 0 Å². The number of aromatic nitrogens is 2. The third kappa shape index (κ3) is 2.61. The third-order valence-electron chi connectivity index (χ3n) is 5.06. The maximum Gasteiger partial charge on any atom is 0.253 e. The summed E-state index contributed by atoms with van der Waals surface area (Å²) in [4.78, 5) is 19.3. The summed E-state index contributed by atoms with van der Waals surface area (Å²) >= 11 is 0. The number of rotatable bonds is 3. The highest BCUT2D eigenvalue weighted by Gasteiger charge is 2.21. The number of benzene rings is 2. The molecule has 1 aromatic heterocycles. The molecule has 5 heteroatoms. The van der Waals surface area contributed by atoms with E-state index >= 15 is 0 Å². The second-order valence-corrected chi connectivity index (χ2v) is 6.78. The zero-order valence-corrected chi connectivity index (χ0v) is 14.8. The van der Waals surface area contributed by atoms with Crippen LogP contribution in [0.15, 0.2) is 42.5 Å². The van der Waals surface area contributed by atoms with E-state index in [1.807, 2.05) is 18.2 Å². The molecule has 1 N–H and O–H groups in total. The number of nitrogens with zero attached hydrogens (tertiary/aromatic N) is 3. The Bertz CT molecular complexity index is 940. The Labute approximate surface area is 147 Å². The van der Waals surface area contributed by atoms with Gasteiger partial charge < -0.3 is 14.8 Å². The fourth-order valence-electron chi connectivity index (χ4n) is 3.39. The Morgan fingerprint density at radius 2 is 1.92 bits per heavy atom. The predicted octanol–water partition coefficient (Wildman–Crippen LogP) is 3.07. The fourth-order valence-corrected chi connectivity index (χ4v) is 3.39. The molecular formula is C20H22N4O. The SMILES string of the molecule is CC(c1ccc(-c2nc3cccc4c3n2CCNC4=O)cc1)N(C)C. The van der Waals surface area contributed by atoms with Gasteiger partial charge in [-0.25, -0.2) is 4.98 Å². The summed E-state index contributed by atoms with van der Waals surface area (Å²) < 4.78 is 2.16. The van der Waals surface area contributed by atoms with Gasteiger partial charge in [-0.3, -0.25) is 4.79 Å². The van der Waals surface area contributed by atoms with Crippen molar-refractivity contribution < 1.29 is 4.79 Å². The van der Waals surface area contributed by atoms with E-state index in [1.54, 1.807) is 0 Å². The van der Waals surface area contributed by atoms with E-state index in [1.165, 1.54) is 5.56 Å². The predicted molar refractivity (Wildman–Crippen MR) is 99.6 cm³/mol. The highest BCUT2D eigenvalue weighted by atomic mass is 16.1. The lowest BCUT2D eigenvalue weighted by Crippen LogP contribution is -2.24. The van der Waals surface area contributed by atoms with Crippen molar-refractivity contribution in [3.05, 3.63) is 53.6 Å². The van der Waals surface area contributed by atoms with Crippen molar-refractivity contribution in [3.63, 3.8) is 0 Å². The second kappa shape index (κ2) is 6.01. The Hall–Kier alpha value is -2.66. The Balaban J connectivity index is 1.83. The van der Waals surface area contributed by atoms with Gasteiger partial charge in [-0.2, -0.15) is 0 Å². The van der Waals surface area contributed by atoms with Gasteiger partial charge in [-0.15, -0.1) is 0 Å². The molecule has 1 aliphatic rings. The zero-order valence-electron chi connectivity index (χ0n) is 14.8. The van der Waals surface area contributed by atoms with Crippen molar-refractivity contribution in [2.24, 2.45) is 0 Å². The Kier molecular flexibility index (Phi) is 3.81. The van der Waals surface area contributed by atoms with Gasteiger partial charge >= 0.3 is 0 Å². The molecule has 25 heavy (non-hydrogen) atoms. The van der Waals surface area contributed by atoms with Crippen LogP contribution < -0.4 is 5.32 Å². The summed E-state index contributed by atoms with van der Waals surface area (Å²) in [5, 5.41) is 2.96. The van der Waals surface area contributed by atoms with Crippen LogP contribution in [0.25, 0.3) is 22.4 Å². The van der Waals surface area contributed by atoms with Crippen LogP contribution in [0.3, 0.4) is 0 Å². The molecular weight excluding hydrogens is 312 g/mol. The molecule has 1 amide bonds. The molecule has 3 aromatic rings. The van der Waals surface area contributed by atoms with Crippen LogP contribution in [0.2, 0.25) is 0 Å². The maximum absolute atomic E-state index is 12.3. The summed E-state index contributed by atoms with van der Waals surface area (Å²) in [7, 11) is 4.16. The van der Waals surface area contributed by atoms with Crippen molar-refractivity contribution in [2.45, 2.75) is 19.5 Å². The highest BCUT2D eigenvalue weighted by Crippen LogP contribution is 2.29. The van der Waals surface area contributed by atoms with Crippen LogP contribution in [0, 0.1) is 0 Å². The fraction of sp³-hybridized carbons (Fsp3) is 0.300. The molecule has 5 nitrogen and oxygen atoms in total. The molecule has 0 aliphatic carbocycles. The van der Waals surface area contributed by atoms with Crippen LogP contribution in [-0.4, -0.2) is 41.0 Å². The molecule has 2 aromatic carbocycles. The van der Waals surface area contributed by atoms with Gasteiger partial charge in [0.2, 0.25) is 0 Å².